The number of halogens is 1. The molecular weight excluding hydrogens is 335 g/mol. The van der Waals surface area contributed by atoms with E-state index in [-0.39, 0.29) is 11.6 Å². The van der Waals surface area contributed by atoms with Gasteiger partial charge in [-0.15, -0.1) is 11.8 Å². The molecule has 0 saturated heterocycles. The molecule has 0 radical (unpaired) electrons. The van der Waals surface area contributed by atoms with Crippen molar-refractivity contribution in [2.45, 2.75) is 25.7 Å². The van der Waals surface area contributed by atoms with Gasteiger partial charge in [0.1, 0.15) is 5.82 Å². The van der Waals surface area contributed by atoms with E-state index in [9.17, 15) is 9.18 Å². The Labute approximate surface area is 153 Å². The standard InChI is InChI=1S/C20H23FN2OS/c1-5-23(4)13-22-19-11-14(2)18(10-15(19)3)20(24)12-25-17-8-6-16(21)7-9-17/h6-11,13H,5,12H2,1-4H3/b22-13+. The van der Waals surface area contributed by atoms with Crippen LogP contribution in [0.5, 0.6) is 0 Å². The van der Waals surface area contributed by atoms with Crippen molar-refractivity contribution in [1.29, 1.82) is 0 Å². The first kappa shape index (κ1) is 19.2. The number of hydrogen-bond acceptors (Lipinski definition) is 3. The topological polar surface area (TPSA) is 32.7 Å². The Morgan fingerprint density at radius 2 is 1.88 bits per heavy atom. The molecule has 0 N–H and O–H groups in total. The number of aryl methyl sites for hydroxylation is 2. The minimum absolute atomic E-state index is 0.0659. The third kappa shape index (κ3) is 5.43. The third-order valence-corrected chi connectivity index (χ3v) is 4.93. The smallest absolute Gasteiger partial charge is 0.173 e. The maximum Gasteiger partial charge on any atom is 0.173 e. The molecule has 3 nitrogen and oxygen atoms in total. The van der Waals surface area contributed by atoms with Crippen molar-refractivity contribution in [2.75, 3.05) is 19.3 Å². The van der Waals surface area contributed by atoms with Crippen LogP contribution in [-0.4, -0.2) is 36.4 Å². The Balaban J connectivity index is 2.10. The second-order valence-corrected chi connectivity index (χ2v) is 6.99. The predicted octanol–water partition coefficient (Wildman–Crippen LogP) is 5.03. The fraction of sp³-hybridized carbons (Fsp3) is 0.300. The normalized spacial score (nSPS) is 11.1. The van der Waals surface area contributed by atoms with Crippen LogP contribution in [0.25, 0.3) is 0 Å². The minimum Gasteiger partial charge on any atom is -0.366 e. The van der Waals surface area contributed by atoms with Gasteiger partial charge in [0.25, 0.3) is 0 Å². The summed E-state index contributed by atoms with van der Waals surface area (Å²) >= 11 is 1.42. The number of carbonyl (C=O) groups is 1. The molecule has 0 aliphatic rings. The van der Waals surface area contributed by atoms with E-state index in [4.69, 9.17) is 0 Å². The van der Waals surface area contributed by atoms with Gasteiger partial charge >= 0.3 is 0 Å². The summed E-state index contributed by atoms with van der Waals surface area (Å²) in [5, 5.41) is 0. The summed E-state index contributed by atoms with van der Waals surface area (Å²) in [7, 11) is 1.97. The third-order valence-electron chi connectivity index (χ3n) is 3.92. The Bertz CT molecular complexity index is 772. The molecule has 2 rings (SSSR count). The molecule has 0 fully saturated rings. The Hall–Kier alpha value is -2.14. The maximum absolute atomic E-state index is 12.9. The molecule has 0 spiro atoms. The quantitative estimate of drug-likeness (QED) is 0.301. The lowest BCUT2D eigenvalue weighted by Crippen LogP contribution is -2.14. The van der Waals surface area contributed by atoms with Crippen molar-refractivity contribution >= 4 is 29.6 Å². The highest BCUT2D eigenvalue weighted by Gasteiger charge is 2.12. The van der Waals surface area contributed by atoms with Gasteiger partial charge in [0.2, 0.25) is 0 Å². The Morgan fingerprint density at radius 1 is 1.20 bits per heavy atom. The molecule has 0 aromatic heterocycles. The fourth-order valence-corrected chi connectivity index (χ4v) is 3.02. The zero-order valence-corrected chi connectivity index (χ0v) is 15.9. The van der Waals surface area contributed by atoms with E-state index in [1.807, 2.05) is 37.9 Å². The van der Waals surface area contributed by atoms with Crippen molar-refractivity contribution in [3.63, 3.8) is 0 Å². The molecule has 25 heavy (non-hydrogen) atoms. The van der Waals surface area contributed by atoms with Gasteiger partial charge in [-0.2, -0.15) is 0 Å². The van der Waals surface area contributed by atoms with Crippen molar-refractivity contribution < 1.29 is 9.18 Å². The number of ketones is 1. The summed E-state index contributed by atoms with van der Waals surface area (Å²) in [6, 6.07) is 10.0. The molecule has 5 heteroatoms. The fourth-order valence-electron chi connectivity index (χ4n) is 2.24. The van der Waals surface area contributed by atoms with Crippen LogP contribution >= 0.6 is 11.8 Å². The van der Waals surface area contributed by atoms with Crippen LogP contribution in [0.4, 0.5) is 10.1 Å². The molecule has 0 heterocycles. The lowest BCUT2D eigenvalue weighted by atomic mass is 10.0. The maximum atomic E-state index is 12.9. The molecule has 2 aromatic carbocycles. The van der Waals surface area contributed by atoms with E-state index in [1.165, 1.54) is 23.9 Å². The highest BCUT2D eigenvalue weighted by molar-refractivity contribution is 8.00. The number of nitrogens with zero attached hydrogens (tertiary/aromatic N) is 2. The summed E-state index contributed by atoms with van der Waals surface area (Å²) in [4.78, 5) is 19.9. The average Bonchev–Trinajstić information content (AvgIpc) is 2.61. The summed E-state index contributed by atoms with van der Waals surface area (Å²) < 4.78 is 12.9. The molecule has 0 bridgehead atoms. The van der Waals surface area contributed by atoms with E-state index in [0.29, 0.717) is 5.75 Å². The molecule has 0 atom stereocenters. The van der Waals surface area contributed by atoms with Gasteiger partial charge in [0.05, 0.1) is 17.8 Å². The van der Waals surface area contributed by atoms with Crippen molar-refractivity contribution in [3.05, 3.63) is 58.9 Å². The lowest BCUT2D eigenvalue weighted by Gasteiger charge is -2.11. The second-order valence-electron chi connectivity index (χ2n) is 5.94. The van der Waals surface area contributed by atoms with Gasteiger partial charge in [0.15, 0.2) is 5.78 Å². The van der Waals surface area contributed by atoms with E-state index in [2.05, 4.69) is 11.9 Å². The first-order chi connectivity index (χ1) is 11.9. The van der Waals surface area contributed by atoms with E-state index in [1.54, 1.807) is 18.5 Å². The van der Waals surface area contributed by atoms with E-state index < -0.39 is 0 Å². The molecule has 0 saturated carbocycles. The molecule has 2 aromatic rings. The number of carbonyl (C=O) groups excluding carboxylic acids is 1. The summed E-state index contributed by atoms with van der Waals surface area (Å²) in [6.07, 6.45) is 1.80. The van der Waals surface area contributed by atoms with Gasteiger partial charge < -0.3 is 4.90 Å². The van der Waals surface area contributed by atoms with Crippen LogP contribution in [0, 0.1) is 19.7 Å². The number of aliphatic imine (C=N–C) groups is 1. The monoisotopic (exact) mass is 358 g/mol. The Morgan fingerprint density at radius 3 is 2.52 bits per heavy atom. The van der Waals surface area contributed by atoms with Crippen LogP contribution in [0.2, 0.25) is 0 Å². The average molecular weight is 358 g/mol. The minimum atomic E-state index is -0.271. The SMILES string of the molecule is CCN(C)/C=N/c1cc(C)c(C(=O)CSc2ccc(F)cc2)cc1C. The van der Waals surface area contributed by atoms with Crippen LogP contribution in [0.3, 0.4) is 0 Å². The first-order valence-electron chi connectivity index (χ1n) is 8.18. The zero-order valence-electron chi connectivity index (χ0n) is 15.0. The number of thioether (sulfide) groups is 1. The predicted molar refractivity (Wildman–Crippen MR) is 104 cm³/mol. The van der Waals surface area contributed by atoms with Crippen molar-refractivity contribution in [2.24, 2.45) is 4.99 Å². The highest BCUT2D eigenvalue weighted by Crippen LogP contribution is 2.26. The molecule has 0 aliphatic carbocycles. The van der Waals surface area contributed by atoms with Crippen LogP contribution in [0.15, 0.2) is 46.3 Å². The van der Waals surface area contributed by atoms with E-state index >= 15 is 0 Å². The number of rotatable bonds is 7. The first-order valence-corrected chi connectivity index (χ1v) is 9.16. The van der Waals surface area contributed by atoms with Crippen LogP contribution in [-0.2, 0) is 0 Å². The van der Waals surface area contributed by atoms with Gasteiger partial charge in [0, 0.05) is 24.1 Å². The molecule has 0 amide bonds. The lowest BCUT2D eigenvalue weighted by molar-refractivity contribution is 0.102. The number of hydrogen-bond donors (Lipinski definition) is 0. The van der Waals surface area contributed by atoms with Gasteiger partial charge in [-0.1, -0.05) is 0 Å². The summed E-state index contributed by atoms with van der Waals surface area (Å²) in [5.74, 6) is 0.121. The Kier molecular flexibility index (Phi) is 6.76. The molecule has 132 valence electrons. The van der Waals surface area contributed by atoms with Gasteiger partial charge in [-0.25, -0.2) is 9.38 Å². The highest BCUT2D eigenvalue weighted by atomic mass is 32.2. The molecule has 0 aliphatic heterocycles. The van der Waals surface area contributed by atoms with E-state index in [0.717, 1.165) is 33.8 Å². The second kappa shape index (κ2) is 8.81. The summed E-state index contributed by atoms with van der Waals surface area (Å²) in [5.41, 5.74) is 3.48. The van der Waals surface area contributed by atoms with Crippen LogP contribution in [0.1, 0.15) is 28.4 Å². The summed E-state index contributed by atoms with van der Waals surface area (Å²) in [6.45, 7) is 6.84. The number of benzene rings is 2. The van der Waals surface area contributed by atoms with Gasteiger partial charge in [-0.3, -0.25) is 4.79 Å². The van der Waals surface area contributed by atoms with Crippen molar-refractivity contribution in [3.8, 4) is 0 Å². The van der Waals surface area contributed by atoms with Crippen molar-refractivity contribution in [1.82, 2.24) is 4.90 Å². The molecular formula is C20H23FN2OS. The largest absolute Gasteiger partial charge is 0.366 e. The molecule has 0 unspecified atom stereocenters. The zero-order chi connectivity index (χ0) is 18.4. The van der Waals surface area contributed by atoms with Crippen LogP contribution < -0.4 is 0 Å². The van der Waals surface area contributed by atoms with Gasteiger partial charge in [-0.05, 0) is 68.3 Å². The number of Topliss-reactive ketones (excluding diaryl/α,β-unsaturated/α-hetero) is 1.